The molecule has 0 bridgehead atoms. The molecule has 21 heavy (non-hydrogen) atoms. The van der Waals surface area contributed by atoms with Crippen LogP contribution >= 0.6 is 12.2 Å². The third-order valence-corrected chi connectivity index (χ3v) is 2.72. The van der Waals surface area contributed by atoms with Crippen LogP contribution in [0.3, 0.4) is 0 Å². The fourth-order valence-electron chi connectivity index (χ4n) is 1.08. The Labute approximate surface area is 127 Å². The molecule has 0 amide bonds. The van der Waals surface area contributed by atoms with Crippen molar-refractivity contribution < 1.29 is 9.90 Å². The molecule has 0 aliphatic rings. The van der Waals surface area contributed by atoms with Crippen LogP contribution in [0.1, 0.15) is 24.2 Å². The molecule has 112 valence electrons. The summed E-state index contributed by atoms with van der Waals surface area (Å²) in [6.07, 6.45) is 1.25. The second kappa shape index (κ2) is 7.90. The number of hydrazone groups is 2. The molecule has 8 nitrogen and oxygen atoms in total. The average molecular weight is 308 g/mol. The van der Waals surface area contributed by atoms with E-state index in [2.05, 4.69) is 31.4 Å². The van der Waals surface area contributed by atoms with Crippen molar-refractivity contribution in [2.45, 2.75) is 13.8 Å². The van der Waals surface area contributed by atoms with E-state index in [9.17, 15) is 4.79 Å². The normalized spacial score (nSPS) is 11.8. The van der Waals surface area contributed by atoms with Gasteiger partial charge < -0.3 is 10.4 Å². The van der Waals surface area contributed by atoms with Gasteiger partial charge in [0.2, 0.25) is 0 Å². The van der Waals surface area contributed by atoms with Crippen molar-refractivity contribution in [1.82, 2.24) is 15.7 Å². The molecular formula is C12H16N6O2S. The Balaban J connectivity index is 2.66. The highest BCUT2D eigenvalue weighted by molar-refractivity contribution is 7.80. The lowest BCUT2D eigenvalue weighted by molar-refractivity contribution is 0.0696. The van der Waals surface area contributed by atoms with E-state index in [0.717, 1.165) is 0 Å². The van der Waals surface area contributed by atoms with Gasteiger partial charge in [0, 0.05) is 13.2 Å². The van der Waals surface area contributed by atoms with E-state index in [0.29, 0.717) is 22.4 Å². The number of hydrogen-bond donors (Lipinski definition) is 4. The van der Waals surface area contributed by atoms with E-state index in [1.807, 2.05) is 0 Å². The van der Waals surface area contributed by atoms with Gasteiger partial charge in [-0.25, -0.2) is 9.78 Å². The fourth-order valence-corrected chi connectivity index (χ4v) is 1.13. The minimum Gasteiger partial charge on any atom is -0.478 e. The zero-order valence-corrected chi connectivity index (χ0v) is 12.7. The molecule has 0 unspecified atom stereocenters. The molecule has 0 radical (unpaired) electrons. The van der Waals surface area contributed by atoms with Crippen molar-refractivity contribution in [3.63, 3.8) is 0 Å². The summed E-state index contributed by atoms with van der Waals surface area (Å²) in [5, 5.41) is 20.0. The number of rotatable bonds is 5. The highest BCUT2D eigenvalue weighted by atomic mass is 32.1. The number of thiocarbonyl (C=S) groups is 1. The second-order valence-electron chi connectivity index (χ2n) is 3.93. The van der Waals surface area contributed by atoms with Crippen LogP contribution in [0.2, 0.25) is 0 Å². The van der Waals surface area contributed by atoms with E-state index in [1.165, 1.54) is 18.3 Å². The van der Waals surface area contributed by atoms with Crippen LogP contribution in [0.15, 0.2) is 28.5 Å². The van der Waals surface area contributed by atoms with Gasteiger partial charge in [-0.05, 0) is 38.2 Å². The molecular weight excluding hydrogens is 292 g/mol. The summed E-state index contributed by atoms with van der Waals surface area (Å²) in [7, 11) is 1.69. The van der Waals surface area contributed by atoms with Gasteiger partial charge in [0.15, 0.2) is 5.11 Å². The van der Waals surface area contributed by atoms with E-state index >= 15 is 0 Å². The summed E-state index contributed by atoms with van der Waals surface area (Å²) in [5.41, 5.74) is 6.76. The number of carbonyl (C=O) groups is 1. The molecule has 1 aromatic rings. The van der Waals surface area contributed by atoms with Crippen LogP contribution in [-0.2, 0) is 0 Å². The summed E-state index contributed by atoms with van der Waals surface area (Å²) in [5.74, 6) is -0.589. The molecule has 0 aromatic carbocycles. The molecule has 1 rings (SSSR count). The molecule has 1 aromatic heterocycles. The predicted octanol–water partition coefficient (Wildman–Crippen LogP) is 1.04. The standard InChI is InChI=1S/C12H16N6O2S/c1-7(8(2)16-18-12(21)13-3)15-17-10-5-4-9(6-14-10)11(19)20/h4-6H,1-3H3,(H,14,17)(H,19,20)(H2,13,18,21)/b15-7+,16-8+. The number of nitrogens with zero attached hydrogens (tertiary/aromatic N) is 3. The summed E-state index contributed by atoms with van der Waals surface area (Å²) in [6, 6.07) is 2.97. The Morgan fingerprint density at radius 2 is 1.95 bits per heavy atom. The minimum atomic E-state index is -1.02. The van der Waals surface area contributed by atoms with Crippen LogP contribution in [0.25, 0.3) is 0 Å². The highest BCUT2D eigenvalue weighted by Crippen LogP contribution is 2.05. The summed E-state index contributed by atoms with van der Waals surface area (Å²) in [6.45, 7) is 3.54. The maximum absolute atomic E-state index is 10.7. The molecule has 0 saturated heterocycles. The highest BCUT2D eigenvalue weighted by Gasteiger charge is 2.03. The van der Waals surface area contributed by atoms with Gasteiger partial charge in [-0.3, -0.25) is 10.9 Å². The van der Waals surface area contributed by atoms with E-state index in [4.69, 9.17) is 17.3 Å². The first kappa shape index (κ1) is 16.5. The van der Waals surface area contributed by atoms with Crippen molar-refractivity contribution in [2.75, 3.05) is 12.5 Å². The predicted molar refractivity (Wildman–Crippen MR) is 85.8 cm³/mol. The Kier molecular flexibility index (Phi) is 6.21. The largest absolute Gasteiger partial charge is 0.478 e. The minimum absolute atomic E-state index is 0.115. The Morgan fingerprint density at radius 3 is 2.48 bits per heavy atom. The van der Waals surface area contributed by atoms with Gasteiger partial charge >= 0.3 is 5.97 Å². The van der Waals surface area contributed by atoms with Crippen LogP contribution < -0.4 is 16.2 Å². The number of pyridine rings is 1. The van der Waals surface area contributed by atoms with Gasteiger partial charge in [0.1, 0.15) is 5.82 Å². The number of aromatic carboxylic acids is 1. The van der Waals surface area contributed by atoms with Crippen LogP contribution in [-0.4, -0.2) is 39.6 Å². The lowest BCUT2D eigenvalue weighted by Crippen LogP contribution is -2.30. The van der Waals surface area contributed by atoms with Crippen molar-refractivity contribution >= 4 is 40.5 Å². The molecule has 0 atom stereocenters. The lowest BCUT2D eigenvalue weighted by Gasteiger charge is -2.04. The van der Waals surface area contributed by atoms with E-state index < -0.39 is 5.97 Å². The van der Waals surface area contributed by atoms with E-state index in [1.54, 1.807) is 20.9 Å². The number of carboxylic acids is 1. The van der Waals surface area contributed by atoms with Crippen LogP contribution in [0, 0.1) is 0 Å². The Morgan fingerprint density at radius 1 is 1.29 bits per heavy atom. The number of hydrogen-bond acceptors (Lipinski definition) is 6. The van der Waals surface area contributed by atoms with Crippen LogP contribution in [0.4, 0.5) is 5.82 Å². The zero-order valence-electron chi connectivity index (χ0n) is 11.8. The van der Waals surface area contributed by atoms with Crippen molar-refractivity contribution in [3.05, 3.63) is 23.9 Å². The average Bonchev–Trinajstić information content (AvgIpc) is 2.50. The quantitative estimate of drug-likeness (QED) is 0.365. The first-order valence-electron chi connectivity index (χ1n) is 5.96. The summed E-state index contributed by atoms with van der Waals surface area (Å²) in [4.78, 5) is 14.6. The number of carboxylic acid groups (broad SMARTS) is 1. The topological polar surface area (TPSA) is 111 Å². The zero-order chi connectivity index (χ0) is 15.8. The monoisotopic (exact) mass is 308 g/mol. The molecule has 0 aliphatic carbocycles. The molecule has 0 aliphatic heterocycles. The summed E-state index contributed by atoms with van der Waals surface area (Å²) >= 11 is 4.89. The SMILES string of the molecule is CNC(=S)N/N=C(C)/C(C)=N/Nc1ccc(C(=O)O)cn1. The second-order valence-corrected chi connectivity index (χ2v) is 4.34. The molecule has 4 N–H and O–H groups in total. The summed E-state index contributed by atoms with van der Waals surface area (Å²) < 4.78 is 0. The smallest absolute Gasteiger partial charge is 0.337 e. The maximum Gasteiger partial charge on any atom is 0.337 e. The Bertz CT molecular complexity index is 582. The third-order valence-electron chi connectivity index (χ3n) is 2.42. The van der Waals surface area contributed by atoms with Gasteiger partial charge in [-0.1, -0.05) is 0 Å². The molecule has 0 fully saturated rings. The third kappa shape index (κ3) is 5.53. The molecule has 9 heteroatoms. The van der Waals surface area contributed by atoms with Gasteiger partial charge in [0.05, 0.1) is 17.0 Å². The van der Waals surface area contributed by atoms with Gasteiger partial charge in [0.25, 0.3) is 0 Å². The number of nitrogens with one attached hydrogen (secondary N) is 3. The molecule has 1 heterocycles. The number of anilines is 1. The fraction of sp³-hybridized carbons (Fsp3) is 0.250. The van der Waals surface area contributed by atoms with Crippen molar-refractivity contribution in [1.29, 1.82) is 0 Å². The van der Waals surface area contributed by atoms with Crippen molar-refractivity contribution in [2.24, 2.45) is 10.2 Å². The molecule has 0 saturated carbocycles. The number of aromatic nitrogens is 1. The van der Waals surface area contributed by atoms with Crippen LogP contribution in [0.5, 0.6) is 0 Å². The maximum atomic E-state index is 10.7. The first-order valence-corrected chi connectivity index (χ1v) is 6.37. The molecule has 0 spiro atoms. The first-order chi connectivity index (χ1) is 9.93. The van der Waals surface area contributed by atoms with E-state index in [-0.39, 0.29) is 5.56 Å². The van der Waals surface area contributed by atoms with Gasteiger partial charge in [-0.2, -0.15) is 10.2 Å². The van der Waals surface area contributed by atoms with Gasteiger partial charge in [-0.15, -0.1) is 0 Å². The Hall–Kier alpha value is -2.55. The lowest BCUT2D eigenvalue weighted by atomic mass is 10.3. The van der Waals surface area contributed by atoms with Crippen molar-refractivity contribution in [3.8, 4) is 0 Å².